The molecule has 0 unspecified atom stereocenters. The predicted molar refractivity (Wildman–Crippen MR) is 188 cm³/mol. The van der Waals surface area contributed by atoms with Gasteiger partial charge in [0.15, 0.2) is 0 Å². The summed E-state index contributed by atoms with van der Waals surface area (Å²) in [4.78, 5) is 2.37. The average molecular weight is 594 g/mol. The molecular formula is C41H31N5. The Morgan fingerprint density at radius 2 is 1.09 bits per heavy atom. The number of hydrogen-bond donors (Lipinski definition) is 0. The van der Waals surface area contributed by atoms with Crippen molar-refractivity contribution < 1.29 is 0 Å². The summed E-state index contributed by atoms with van der Waals surface area (Å²) >= 11 is 0. The smallest absolute Gasteiger partial charge is 0.113 e. The topological polar surface area (TPSA) is 38.9 Å². The van der Waals surface area contributed by atoms with Gasteiger partial charge in [0.2, 0.25) is 0 Å². The number of benzene rings is 6. The summed E-state index contributed by atoms with van der Waals surface area (Å²) in [6.07, 6.45) is 2.01. The van der Waals surface area contributed by atoms with E-state index in [0.717, 1.165) is 28.3 Å². The van der Waals surface area contributed by atoms with E-state index >= 15 is 0 Å². The molecule has 0 fully saturated rings. The molecule has 2 aromatic heterocycles. The van der Waals surface area contributed by atoms with Crippen molar-refractivity contribution in [2.75, 3.05) is 4.90 Å². The molecule has 1 aliphatic heterocycles. The summed E-state index contributed by atoms with van der Waals surface area (Å²) in [6.45, 7) is 4.63. The molecule has 0 saturated heterocycles. The van der Waals surface area contributed by atoms with E-state index in [0.29, 0.717) is 0 Å². The second-order valence-corrected chi connectivity index (χ2v) is 12.5. The van der Waals surface area contributed by atoms with Crippen molar-refractivity contribution in [3.8, 4) is 22.6 Å². The first-order valence-corrected chi connectivity index (χ1v) is 15.7. The van der Waals surface area contributed by atoms with E-state index in [1.54, 1.807) is 0 Å². The molecule has 9 rings (SSSR count). The monoisotopic (exact) mass is 593 g/mol. The van der Waals surface area contributed by atoms with Gasteiger partial charge < -0.3 is 9.47 Å². The molecule has 8 aromatic rings. The molecule has 0 aliphatic carbocycles. The molecule has 0 saturated carbocycles. The van der Waals surface area contributed by atoms with Crippen LogP contribution >= 0.6 is 0 Å². The van der Waals surface area contributed by atoms with Crippen LogP contribution in [0, 0.1) is 0 Å². The minimum Gasteiger partial charge on any atom is -0.310 e. The van der Waals surface area contributed by atoms with Gasteiger partial charge in [-0.1, -0.05) is 110 Å². The van der Waals surface area contributed by atoms with Gasteiger partial charge in [0.1, 0.15) is 5.69 Å². The molecule has 0 bridgehead atoms. The molecule has 46 heavy (non-hydrogen) atoms. The summed E-state index contributed by atoms with van der Waals surface area (Å²) < 4.78 is 4.18. The fraction of sp³-hybridized carbons (Fsp3) is 0.0732. The number of nitrogens with zero attached hydrogens (tertiary/aromatic N) is 5. The van der Waals surface area contributed by atoms with Gasteiger partial charge in [0.25, 0.3) is 0 Å². The Hall–Kier alpha value is -5.94. The Bertz CT molecular complexity index is 2310. The van der Waals surface area contributed by atoms with Crippen LogP contribution < -0.4 is 4.90 Å². The number of rotatable bonds is 4. The van der Waals surface area contributed by atoms with Crippen LogP contribution in [-0.4, -0.2) is 19.6 Å². The highest BCUT2D eigenvalue weighted by atomic mass is 15.4. The highest BCUT2D eigenvalue weighted by Crippen LogP contribution is 2.51. The molecule has 220 valence electrons. The van der Waals surface area contributed by atoms with Gasteiger partial charge in [0, 0.05) is 33.1 Å². The van der Waals surface area contributed by atoms with Crippen molar-refractivity contribution in [3.63, 3.8) is 0 Å². The summed E-state index contributed by atoms with van der Waals surface area (Å²) in [5, 5.41) is 11.6. The van der Waals surface area contributed by atoms with Crippen molar-refractivity contribution in [1.29, 1.82) is 0 Å². The molecule has 0 atom stereocenters. The molecular weight excluding hydrogens is 562 g/mol. The van der Waals surface area contributed by atoms with Gasteiger partial charge in [-0.05, 0) is 65.7 Å². The zero-order valence-corrected chi connectivity index (χ0v) is 25.7. The molecule has 0 amide bonds. The molecule has 0 N–H and O–H groups in total. The Morgan fingerprint density at radius 1 is 0.522 bits per heavy atom. The average Bonchev–Trinajstić information content (AvgIpc) is 3.73. The Labute approximate surface area is 267 Å². The third-order valence-electron chi connectivity index (χ3n) is 9.48. The highest BCUT2D eigenvalue weighted by molar-refractivity contribution is 6.09. The van der Waals surface area contributed by atoms with E-state index < -0.39 is 0 Å². The maximum atomic E-state index is 4.58. The standard InChI is InChI=1S/C41H31N5/c1-41(2)34-16-5-9-20-39(34)45(40-21-10-6-17-35(40)41)29-24-22-28(23-25-29)36-27-44(43-42-36)30-12-11-13-31(26-30)46-37-18-7-3-14-32(37)33-15-4-8-19-38(33)46/h3-27H,1-2H3. The van der Waals surface area contributed by atoms with Crippen LogP contribution in [-0.2, 0) is 5.41 Å². The van der Waals surface area contributed by atoms with Gasteiger partial charge in [-0.3, -0.25) is 0 Å². The highest BCUT2D eigenvalue weighted by Gasteiger charge is 2.36. The lowest BCUT2D eigenvalue weighted by atomic mass is 9.73. The SMILES string of the molecule is CC1(C)c2ccccc2N(c2ccc(-c3cn(-c4cccc(-n5c6ccccc6c6ccccc65)c4)nn3)cc2)c2ccccc21. The first-order chi connectivity index (χ1) is 22.6. The van der Waals surface area contributed by atoms with Crippen molar-refractivity contribution in [1.82, 2.24) is 19.6 Å². The summed E-state index contributed by atoms with van der Waals surface area (Å²) in [7, 11) is 0. The maximum Gasteiger partial charge on any atom is 0.113 e. The molecule has 5 heteroatoms. The minimum atomic E-state index is -0.0824. The van der Waals surface area contributed by atoms with Crippen molar-refractivity contribution in [2.24, 2.45) is 0 Å². The van der Waals surface area contributed by atoms with E-state index in [-0.39, 0.29) is 5.41 Å². The Kier molecular flexibility index (Phi) is 5.78. The lowest BCUT2D eigenvalue weighted by molar-refractivity contribution is 0.632. The van der Waals surface area contributed by atoms with E-state index in [1.807, 2.05) is 10.9 Å². The fourth-order valence-corrected chi connectivity index (χ4v) is 7.23. The molecule has 3 heterocycles. The molecule has 6 aromatic carbocycles. The quantitative estimate of drug-likeness (QED) is 0.204. The van der Waals surface area contributed by atoms with E-state index in [1.165, 1.54) is 44.3 Å². The lowest BCUT2D eigenvalue weighted by Crippen LogP contribution is -2.30. The fourth-order valence-electron chi connectivity index (χ4n) is 7.23. The first kappa shape index (κ1) is 26.5. The molecule has 1 aliphatic rings. The van der Waals surface area contributed by atoms with Crippen LogP contribution in [0.15, 0.2) is 152 Å². The zero-order chi connectivity index (χ0) is 30.8. The Balaban J connectivity index is 1.07. The third-order valence-corrected chi connectivity index (χ3v) is 9.48. The van der Waals surface area contributed by atoms with Gasteiger partial charge in [0.05, 0.1) is 34.3 Å². The molecule has 0 spiro atoms. The number of hydrogen-bond acceptors (Lipinski definition) is 3. The van der Waals surface area contributed by atoms with E-state index in [2.05, 4.69) is 179 Å². The van der Waals surface area contributed by atoms with Crippen molar-refractivity contribution in [2.45, 2.75) is 19.3 Å². The normalized spacial score (nSPS) is 13.6. The zero-order valence-electron chi connectivity index (χ0n) is 25.7. The number of fused-ring (bicyclic) bond motifs is 5. The van der Waals surface area contributed by atoms with Gasteiger partial charge in [-0.25, -0.2) is 4.68 Å². The largest absolute Gasteiger partial charge is 0.310 e. The van der Waals surface area contributed by atoms with Gasteiger partial charge in [-0.15, -0.1) is 5.10 Å². The summed E-state index contributed by atoms with van der Waals surface area (Å²) in [5.74, 6) is 0. The summed E-state index contributed by atoms with van der Waals surface area (Å²) in [5.41, 5.74) is 12.4. The number of aromatic nitrogens is 4. The second kappa shape index (κ2) is 10.0. The van der Waals surface area contributed by atoms with Crippen LogP contribution in [0.2, 0.25) is 0 Å². The minimum absolute atomic E-state index is 0.0824. The second-order valence-electron chi connectivity index (χ2n) is 12.5. The van der Waals surface area contributed by atoms with Crippen molar-refractivity contribution in [3.05, 3.63) is 163 Å². The van der Waals surface area contributed by atoms with Crippen LogP contribution in [0.1, 0.15) is 25.0 Å². The van der Waals surface area contributed by atoms with Gasteiger partial charge in [-0.2, -0.15) is 0 Å². The van der Waals surface area contributed by atoms with E-state index in [9.17, 15) is 0 Å². The number of anilines is 3. The van der Waals surface area contributed by atoms with Crippen LogP contribution in [0.25, 0.3) is 44.4 Å². The molecule has 0 radical (unpaired) electrons. The predicted octanol–water partition coefficient (Wildman–Crippen LogP) is 10.1. The van der Waals surface area contributed by atoms with Crippen LogP contribution in [0.3, 0.4) is 0 Å². The first-order valence-electron chi connectivity index (χ1n) is 15.7. The maximum absolute atomic E-state index is 4.58. The van der Waals surface area contributed by atoms with Gasteiger partial charge >= 0.3 is 0 Å². The van der Waals surface area contributed by atoms with Crippen LogP contribution in [0.5, 0.6) is 0 Å². The lowest BCUT2D eigenvalue weighted by Gasteiger charge is -2.42. The van der Waals surface area contributed by atoms with Crippen molar-refractivity contribution >= 4 is 38.9 Å². The summed E-state index contributed by atoms with van der Waals surface area (Å²) in [6, 6.07) is 51.7. The Morgan fingerprint density at radius 3 is 1.74 bits per heavy atom. The van der Waals surface area contributed by atoms with Crippen LogP contribution in [0.4, 0.5) is 17.1 Å². The third kappa shape index (κ3) is 3.95. The molecule has 5 nitrogen and oxygen atoms in total. The number of para-hydroxylation sites is 4. The van der Waals surface area contributed by atoms with E-state index in [4.69, 9.17) is 0 Å².